The summed E-state index contributed by atoms with van der Waals surface area (Å²) in [4.78, 5) is 16.7. The third kappa shape index (κ3) is 4.14. The van der Waals surface area contributed by atoms with Crippen molar-refractivity contribution in [2.24, 2.45) is 0 Å². The van der Waals surface area contributed by atoms with Crippen LogP contribution < -0.4 is 20.9 Å². The first-order chi connectivity index (χ1) is 15.6. The second kappa shape index (κ2) is 8.55. The number of hydrogen-bond donors (Lipinski definition) is 3. The lowest BCUT2D eigenvalue weighted by Crippen LogP contribution is -2.36. The van der Waals surface area contributed by atoms with E-state index >= 15 is 0 Å². The number of hydrogen-bond acceptors (Lipinski definition) is 10. The summed E-state index contributed by atoms with van der Waals surface area (Å²) in [5.74, 6) is 0.931. The highest BCUT2D eigenvalue weighted by Crippen LogP contribution is 2.26. The molecular formula is C20H24FN9O2. The van der Waals surface area contributed by atoms with Gasteiger partial charge in [0.25, 0.3) is 0 Å². The summed E-state index contributed by atoms with van der Waals surface area (Å²) in [6.07, 6.45) is 1.73. The Balaban J connectivity index is 1.34. The van der Waals surface area contributed by atoms with Crippen LogP contribution in [0, 0.1) is 5.82 Å². The summed E-state index contributed by atoms with van der Waals surface area (Å²) in [6, 6.07) is 6.70. The lowest BCUT2D eigenvalue weighted by molar-refractivity contribution is 0.122. The number of rotatable bonds is 5. The first kappa shape index (κ1) is 20.4. The van der Waals surface area contributed by atoms with Crippen molar-refractivity contribution in [1.29, 1.82) is 0 Å². The van der Waals surface area contributed by atoms with Gasteiger partial charge in [0, 0.05) is 37.9 Å². The molecule has 32 heavy (non-hydrogen) atoms. The molecule has 0 saturated carbocycles. The van der Waals surface area contributed by atoms with Crippen molar-refractivity contribution in [3.63, 3.8) is 0 Å². The van der Waals surface area contributed by atoms with Crippen LogP contribution in [0.2, 0.25) is 0 Å². The quantitative estimate of drug-likeness (QED) is 0.525. The number of halogens is 1. The average Bonchev–Trinajstić information content (AvgIpc) is 3.41. The molecule has 3 aromatic rings. The molecule has 2 fully saturated rings. The van der Waals surface area contributed by atoms with E-state index in [4.69, 9.17) is 10.5 Å². The topological polar surface area (TPSA) is 130 Å². The number of nitrogens with one attached hydrogen (secondary N) is 1. The minimum atomic E-state index is -0.416. The van der Waals surface area contributed by atoms with Crippen LogP contribution in [0.15, 0.2) is 30.6 Å². The molecule has 2 aliphatic rings. The fourth-order valence-electron chi connectivity index (χ4n) is 3.87. The number of aliphatic hydroxyl groups excluding tert-OH is 1. The summed E-state index contributed by atoms with van der Waals surface area (Å²) in [7, 11) is 0. The molecule has 0 aliphatic carbocycles. The Kier molecular flexibility index (Phi) is 5.45. The first-order valence-corrected chi connectivity index (χ1v) is 10.4. The molecule has 2 saturated heterocycles. The molecule has 2 aliphatic heterocycles. The maximum Gasteiger partial charge on any atom is 0.248 e. The van der Waals surface area contributed by atoms with Gasteiger partial charge in [-0.25, -0.2) is 14.4 Å². The van der Waals surface area contributed by atoms with E-state index in [1.54, 1.807) is 12.1 Å². The Labute approximate surface area is 183 Å². The van der Waals surface area contributed by atoms with Gasteiger partial charge in [0.1, 0.15) is 18.0 Å². The van der Waals surface area contributed by atoms with E-state index in [2.05, 4.69) is 30.3 Å². The number of nitrogens with zero attached hydrogens (tertiary/aromatic N) is 7. The van der Waals surface area contributed by atoms with Gasteiger partial charge >= 0.3 is 0 Å². The zero-order valence-electron chi connectivity index (χ0n) is 17.4. The summed E-state index contributed by atoms with van der Waals surface area (Å²) >= 11 is 0. The van der Waals surface area contributed by atoms with Gasteiger partial charge in [0.2, 0.25) is 11.9 Å². The second-order valence-corrected chi connectivity index (χ2v) is 7.72. The number of aromatic nitrogens is 5. The van der Waals surface area contributed by atoms with Crippen molar-refractivity contribution < 1.29 is 14.2 Å². The number of β-amino-alcohol motifs (C(OH)–C–C–N with tert-alkyl or cyclic N) is 1. The van der Waals surface area contributed by atoms with E-state index in [1.807, 2.05) is 11.0 Å². The lowest BCUT2D eigenvalue weighted by Gasteiger charge is -2.29. The Hall–Kier alpha value is -3.51. The van der Waals surface area contributed by atoms with Crippen LogP contribution in [-0.2, 0) is 4.74 Å². The van der Waals surface area contributed by atoms with Gasteiger partial charge in [0.05, 0.1) is 25.0 Å². The van der Waals surface area contributed by atoms with Crippen molar-refractivity contribution in [2.45, 2.75) is 12.5 Å². The largest absolute Gasteiger partial charge is 0.391 e. The maximum atomic E-state index is 14.7. The second-order valence-electron chi connectivity index (χ2n) is 7.72. The van der Waals surface area contributed by atoms with Crippen LogP contribution in [0.4, 0.5) is 33.5 Å². The summed E-state index contributed by atoms with van der Waals surface area (Å²) < 4.78 is 21.4. The Morgan fingerprint density at radius 3 is 2.66 bits per heavy atom. The molecule has 12 heteroatoms. The number of aliphatic hydroxyl groups is 1. The van der Waals surface area contributed by atoms with Crippen LogP contribution in [0.5, 0.6) is 0 Å². The van der Waals surface area contributed by atoms with Crippen LogP contribution in [0.25, 0.3) is 5.82 Å². The number of morpholine rings is 1. The Morgan fingerprint density at radius 2 is 1.91 bits per heavy atom. The van der Waals surface area contributed by atoms with E-state index in [9.17, 15) is 9.50 Å². The third-order valence-corrected chi connectivity index (χ3v) is 5.55. The van der Waals surface area contributed by atoms with Gasteiger partial charge in [-0.3, -0.25) is 0 Å². The van der Waals surface area contributed by atoms with Gasteiger partial charge in [-0.1, -0.05) is 0 Å². The van der Waals surface area contributed by atoms with Gasteiger partial charge < -0.3 is 30.7 Å². The average molecular weight is 441 g/mol. The molecule has 11 nitrogen and oxygen atoms in total. The van der Waals surface area contributed by atoms with Gasteiger partial charge in [-0.15, -0.1) is 5.10 Å². The maximum absolute atomic E-state index is 14.7. The van der Waals surface area contributed by atoms with Gasteiger partial charge in [-0.05, 0) is 24.6 Å². The number of ether oxygens (including phenoxy) is 1. The Morgan fingerprint density at radius 1 is 1.09 bits per heavy atom. The van der Waals surface area contributed by atoms with E-state index in [-0.39, 0.29) is 23.7 Å². The molecule has 0 bridgehead atoms. The monoisotopic (exact) mass is 441 g/mol. The third-order valence-electron chi connectivity index (χ3n) is 5.55. The predicted molar refractivity (Wildman–Crippen MR) is 117 cm³/mol. The zero-order chi connectivity index (χ0) is 22.1. The normalized spacial score (nSPS) is 18.9. The van der Waals surface area contributed by atoms with Crippen molar-refractivity contribution in [3.05, 3.63) is 36.4 Å². The smallest absolute Gasteiger partial charge is 0.248 e. The molecule has 2 aromatic heterocycles. The molecule has 168 valence electrons. The van der Waals surface area contributed by atoms with E-state index < -0.39 is 5.82 Å². The van der Waals surface area contributed by atoms with E-state index in [0.717, 1.165) is 18.8 Å². The Bertz CT molecular complexity index is 1100. The number of benzene rings is 1. The van der Waals surface area contributed by atoms with Crippen LogP contribution in [0.3, 0.4) is 0 Å². The predicted octanol–water partition coefficient (Wildman–Crippen LogP) is 0.930. The number of nitrogen functional groups attached to an aromatic ring is 1. The minimum Gasteiger partial charge on any atom is -0.391 e. The molecule has 4 N–H and O–H groups in total. The fraction of sp³-hybridized carbons (Fsp3) is 0.400. The fourth-order valence-corrected chi connectivity index (χ4v) is 3.87. The van der Waals surface area contributed by atoms with Crippen molar-refractivity contribution in [3.8, 4) is 5.82 Å². The van der Waals surface area contributed by atoms with Gasteiger partial charge in [0.15, 0.2) is 5.82 Å². The standard InChI is InChI=1S/C20H24FN9O2/c21-15-9-13(28-5-7-32-8-6-28)1-2-16(15)25-20-26-19(22)30(27-20)18-10-17(23-12-24-18)29-4-3-14(31)11-29/h1-2,9-10,12,14,31H,3-8,11H2,(H3,22,25,26,27)/t14-/m0/s1. The van der Waals surface area contributed by atoms with Crippen molar-refractivity contribution in [2.75, 3.05) is 60.2 Å². The molecule has 0 unspecified atom stereocenters. The van der Waals surface area contributed by atoms with E-state index in [1.165, 1.54) is 17.1 Å². The highest BCUT2D eigenvalue weighted by Gasteiger charge is 2.22. The van der Waals surface area contributed by atoms with Crippen LogP contribution >= 0.6 is 0 Å². The summed E-state index contributed by atoms with van der Waals surface area (Å²) in [6.45, 7) is 3.93. The molecular weight excluding hydrogens is 417 g/mol. The summed E-state index contributed by atoms with van der Waals surface area (Å²) in [5, 5.41) is 17.0. The number of nitrogens with two attached hydrogens (primary N) is 1. The molecule has 5 rings (SSSR count). The molecule has 0 spiro atoms. The van der Waals surface area contributed by atoms with Crippen molar-refractivity contribution in [1.82, 2.24) is 24.7 Å². The van der Waals surface area contributed by atoms with E-state index in [0.29, 0.717) is 44.4 Å². The molecule has 1 atom stereocenters. The van der Waals surface area contributed by atoms with Crippen LogP contribution in [0.1, 0.15) is 6.42 Å². The highest BCUT2D eigenvalue weighted by molar-refractivity contribution is 5.61. The minimum absolute atomic E-state index is 0.101. The first-order valence-electron chi connectivity index (χ1n) is 10.4. The lowest BCUT2D eigenvalue weighted by atomic mass is 10.2. The van der Waals surface area contributed by atoms with Crippen LogP contribution in [-0.4, -0.2) is 75.3 Å². The summed E-state index contributed by atoms with van der Waals surface area (Å²) in [5.41, 5.74) is 7.08. The molecule has 0 radical (unpaired) electrons. The number of anilines is 5. The van der Waals surface area contributed by atoms with Gasteiger partial charge in [-0.2, -0.15) is 9.67 Å². The molecule has 1 aromatic carbocycles. The highest BCUT2D eigenvalue weighted by atomic mass is 19.1. The SMILES string of the molecule is Nc1nc(Nc2ccc(N3CCOCC3)cc2F)nn1-c1cc(N2CC[C@H](O)C2)ncn1. The zero-order valence-corrected chi connectivity index (χ0v) is 17.4. The molecule has 0 amide bonds. The van der Waals surface area contributed by atoms with Crippen molar-refractivity contribution >= 4 is 29.1 Å². The molecule has 4 heterocycles.